The Kier molecular flexibility index (Phi) is 27.6. The lowest BCUT2D eigenvalue weighted by Gasteiger charge is -2.40. The van der Waals surface area contributed by atoms with E-state index in [1.54, 1.807) is 0 Å². The predicted octanol–water partition coefficient (Wildman–Crippen LogP) is 4.55. The number of unbranched alkanes of at least 4 members (excludes halogenated alkanes) is 17. The lowest BCUT2D eigenvalue weighted by molar-refractivity contribution is -0.303. The van der Waals surface area contributed by atoms with Crippen LogP contribution in [0.3, 0.4) is 0 Å². The normalized spacial score (nSPS) is 23.8. The van der Waals surface area contributed by atoms with Crippen LogP contribution < -0.4 is 5.32 Å². The highest BCUT2D eigenvalue weighted by atomic mass is 16.7. The van der Waals surface area contributed by atoms with Gasteiger partial charge in [-0.3, -0.25) is 4.79 Å². The lowest BCUT2D eigenvalue weighted by atomic mass is 9.98. The maximum absolute atomic E-state index is 12.9. The molecule has 0 aromatic rings. The number of nitrogens with one attached hydrogen (secondary N) is 1. The molecule has 1 amide bonds. The van der Waals surface area contributed by atoms with Crippen LogP contribution in [-0.4, -0.2) is 110 Å². The van der Waals surface area contributed by atoms with Crippen LogP contribution in [0.2, 0.25) is 0 Å². The molecule has 1 heterocycles. The highest BCUT2D eigenvalue weighted by Gasteiger charge is 2.44. The molecule has 0 bridgehead atoms. The molecule has 1 rings (SSSR count). The Morgan fingerprint density at radius 2 is 1.20 bits per heavy atom. The van der Waals surface area contributed by atoms with Crippen molar-refractivity contribution in [1.29, 1.82) is 0 Å². The van der Waals surface area contributed by atoms with E-state index in [2.05, 4.69) is 25.2 Å². The van der Waals surface area contributed by atoms with Crippen molar-refractivity contribution in [3.8, 4) is 0 Å². The molecule has 9 unspecified atom stereocenters. The van der Waals surface area contributed by atoms with Crippen molar-refractivity contribution in [1.82, 2.24) is 5.32 Å². The summed E-state index contributed by atoms with van der Waals surface area (Å²) in [6.07, 6.45) is 15.9. The lowest BCUT2D eigenvalue weighted by Crippen LogP contribution is -2.60. The maximum Gasteiger partial charge on any atom is 0.249 e. The van der Waals surface area contributed by atoms with Crippen LogP contribution >= 0.6 is 0 Å². The summed E-state index contributed by atoms with van der Waals surface area (Å²) in [4.78, 5) is 12.9. The van der Waals surface area contributed by atoms with Crippen LogP contribution in [0.4, 0.5) is 0 Å². The van der Waals surface area contributed by atoms with E-state index in [1.807, 2.05) is 6.08 Å². The van der Waals surface area contributed by atoms with Crippen LogP contribution in [0.15, 0.2) is 12.2 Å². The number of allylic oxidation sites excluding steroid dienone is 2. The van der Waals surface area contributed by atoms with Crippen molar-refractivity contribution in [3.05, 3.63) is 12.2 Å². The summed E-state index contributed by atoms with van der Waals surface area (Å²) in [7, 11) is 0. The first-order valence-corrected chi connectivity index (χ1v) is 19.6. The van der Waals surface area contributed by atoms with Gasteiger partial charge in [0.2, 0.25) is 5.91 Å². The first kappa shape index (κ1) is 45.9. The van der Waals surface area contributed by atoms with Crippen molar-refractivity contribution in [3.63, 3.8) is 0 Å². The van der Waals surface area contributed by atoms with Gasteiger partial charge in [-0.15, -0.1) is 0 Å². The molecule has 0 saturated carbocycles. The van der Waals surface area contributed by atoms with Gasteiger partial charge < -0.3 is 50.5 Å². The number of aliphatic hydroxyl groups is 7. The van der Waals surface area contributed by atoms with E-state index in [4.69, 9.17) is 9.47 Å². The fourth-order valence-corrected chi connectivity index (χ4v) is 6.19. The van der Waals surface area contributed by atoms with Crippen LogP contribution in [0.5, 0.6) is 0 Å². The third kappa shape index (κ3) is 20.5. The largest absolute Gasteiger partial charge is 0.394 e. The van der Waals surface area contributed by atoms with E-state index >= 15 is 0 Å². The van der Waals surface area contributed by atoms with Gasteiger partial charge in [0.15, 0.2) is 6.29 Å². The number of ether oxygens (including phenoxy) is 2. The first-order valence-electron chi connectivity index (χ1n) is 19.6. The van der Waals surface area contributed by atoms with Gasteiger partial charge in [0.05, 0.1) is 25.4 Å². The van der Waals surface area contributed by atoms with Crippen molar-refractivity contribution >= 4 is 5.91 Å². The zero-order valence-corrected chi connectivity index (χ0v) is 30.7. The number of amides is 1. The Balaban J connectivity index is 2.50. The average molecular weight is 704 g/mol. The van der Waals surface area contributed by atoms with Crippen molar-refractivity contribution in [2.45, 2.75) is 210 Å². The zero-order valence-electron chi connectivity index (χ0n) is 30.7. The Morgan fingerprint density at radius 3 is 1.73 bits per heavy atom. The van der Waals surface area contributed by atoms with Gasteiger partial charge in [0.25, 0.3) is 0 Å². The highest BCUT2D eigenvalue weighted by molar-refractivity contribution is 5.80. The summed E-state index contributed by atoms with van der Waals surface area (Å²) in [5.74, 6) is -0.710. The Bertz CT molecular complexity index is 815. The molecule has 1 fully saturated rings. The van der Waals surface area contributed by atoms with Gasteiger partial charge in [-0.2, -0.15) is 0 Å². The molecular formula is C38H73NO10. The standard InChI is InChI=1S/C38H73NO10/c1-3-5-7-9-11-12-13-14-15-16-17-18-20-22-24-26-31(42)37(47)39-29(33(43)30(41)25-23-21-19-10-8-6-4-2)28-48-38-36(46)35(45)34(44)32(27-40)49-38/h10,19,29-36,38,40-46H,3-9,11-18,20-28H2,1-2H3,(H,39,47)/b19-10+. The number of carbonyl (C=O) groups is 1. The van der Waals surface area contributed by atoms with Crippen LogP contribution in [0.25, 0.3) is 0 Å². The summed E-state index contributed by atoms with van der Waals surface area (Å²) in [5, 5.41) is 74.9. The molecule has 0 spiro atoms. The molecule has 9 atom stereocenters. The third-order valence-electron chi connectivity index (χ3n) is 9.57. The van der Waals surface area contributed by atoms with Crippen molar-refractivity contribution < 1.29 is 50.0 Å². The van der Waals surface area contributed by atoms with E-state index < -0.39 is 74.2 Å². The molecule has 0 radical (unpaired) electrons. The quantitative estimate of drug-likeness (QED) is 0.0376. The minimum atomic E-state index is -1.66. The zero-order chi connectivity index (χ0) is 36.3. The second kappa shape index (κ2) is 29.4. The molecular weight excluding hydrogens is 630 g/mol. The Morgan fingerprint density at radius 1 is 0.694 bits per heavy atom. The number of carbonyl (C=O) groups excluding carboxylic acids is 1. The number of rotatable bonds is 31. The summed E-state index contributed by atoms with van der Waals surface area (Å²) in [5.41, 5.74) is 0. The molecule has 290 valence electrons. The summed E-state index contributed by atoms with van der Waals surface area (Å²) < 4.78 is 11.0. The molecule has 0 aromatic carbocycles. The highest BCUT2D eigenvalue weighted by Crippen LogP contribution is 2.23. The number of aliphatic hydroxyl groups excluding tert-OH is 7. The van der Waals surface area contributed by atoms with E-state index in [0.717, 1.165) is 44.9 Å². The molecule has 1 aliphatic heterocycles. The monoisotopic (exact) mass is 704 g/mol. The summed E-state index contributed by atoms with van der Waals surface area (Å²) in [6.45, 7) is 3.30. The van der Waals surface area contributed by atoms with E-state index in [-0.39, 0.29) is 12.8 Å². The minimum absolute atomic E-state index is 0.257. The van der Waals surface area contributed by atoms with Gasteiger partial charge in [-0.25, -0.2) is 0 Å². The number of hydrogen-bond acceptors (Lipinski definition) is 10. The molecule has 0 aliphatic carbocycles. The van der Waals surface area contributed by atoms with Gasteiger partial charge in [-0.05, 0) is 32.1 Å². The second-order valence-corrected chi connectivity index (χ2v) is 14.0. The fraction of sp³-hybridized carbons (Fsp3) is 0.921. The molecule has 1 aliphatic rings. The maximum atomic E-state index is 12.9. The van der Waals surface area contributed by atoms with Gasteiger partial charge in [0, 0.05) is 0 Å². The van der Waals surface area contributed by atoms with Crippen molar-refractivity contribution in [2.75, 3.05) is 13.2 Å². The minimum Gasteiger partial charge on any atom is -0.394 e. The molecule has 8 N–H and O–H groups in total. The molecule has 11 heteroatoms. The fourth-order valence-electron chi connectivity index (χ4n) is 6.19. The average Bonchev–Trinajstić information content (AvgIpc) is 3.10. The molecule has 0 aromatic heterocycles. The predicted molar refractivity (Wildman–Crippen MR) is 192 cm³/mol. The first-order chi connectivity index (χ1) is 23.7. The summed E-state index contributed by atoms with van der Waals surface area (Å²) in [6, 6.07) is -1.18. The van der Waals surface area contributed by atoms with Crippen molar-refractivity contribution in [2.24, 2.45) is 0 Å². The van der Waals surface area contributed by atoms with Gasteiger partial charge in [0.1, 0.15) is 36.6 Å². The van der Waals surface area contributed by atoms with Gasteiger partial charge >= 0.3 is 0 Å². The topological polar surface area (TPSA) is 189 Å². The summed E-state index contributed by atoms with van der Waals surface area (Å²) >= 11 is 0. The number of hydrogen-bond donors (Lipinski definition) is 8. The second-order valence-electron chi connectivity index (χ2n) is 14.0. The van der Waals surface area contributed by atoms with Crippen LogP contribution in [0, 0.1) is 0 Å². The van der Waals surface area contributed by atoms with Gasteiger partial charge in [-0.1, -0.05) is 135 Å². The molecule has 1 saturated heterocycles. The third-order valence-corrected chi connectivity index (χ3v) is 9.57. The van der Waals surface area contributed by atoms with Crippen LogP contribution in [-0.2, 0) is 14.3 Å². The SMILES string of the molecule is CCCC/C=C/CCCC(O)C(O)C(COC1OC(CO)C(O)C(O)C1O)NC(=O)C(O)CCCCCCCCCCCCCCCCC. The van der Waals surface area contributed by atoms with Crippen LogP contribution in [0.1, 0.15) is 155 Å². The molecule has 49 heavy (non-hydrogen) atoms. The Labute approximate surface area is 296 Å². The smallest absolute Gasteiger partial charge is 0.249 e. The molecule has 11 nitrogen and oxygen atoms in total. The van der Waals surface area contributed by atoms with E-state index in [9.17, 15) is 40.5 Å². The van der Waals surface area contributed by atoms with E-state index in [0.29, 0.717) is 12.8 Å². The Hall–Kier alpha value is -1.15. The van der Waals surface area contributed by atoms with E-state index in [1.165, 1.54) is 70.6 Å².